The van der Waals surface area contributed by atoms with Gasteiger partial charge >= 0.3 is 0 Å². The van der Waals surface area contributed by atoms with Crippen molar-refractivity contribution in [3.63, 3.8) is 0 Å². The minimum Gasteiger partial charge on any atom is -0.381 e. The summed E-state index contributed by atoms with van der Waals surface area (Å²) in [5, 5.41) is 4.66. The van der Waals surface area contributed by atoms with E-state index in [0.717, 1.165) is 40.9 Å². The van der Waals surface area contributed by atoms with Crippen LogP contribution in [0.1, 0.15) is 45.3 Å². The molecule has 6 heteroatoms. The fraction of sp³-hybridized carbons (Fsp3) is 0.733. The van der Waals surface area contributed by atoms with Crippen molar-refractivity contribution in [3.8, 4) is 0 Å². The molecule has 0 amide bonds. The van der Waals surface area contributed by atoms with Crippen molar-refractivity contribution in [2.45, 2.75) is 52.2 Å². The van der Waals surface area contributed by atoms with Crippen LogP contribution < -0.4 is 0 Å². The van der Waals surface area contributed by atoms with E-state index in [-0.39, 0.29) is 11.5 Å². The summed E-state index contributed by atoms with van der Waals surface area (Å²) in [7, 11) is 3.79. The summed E-state index contributed by atoms with van der Waals surface area (Å²) in [6.45, 7) is 6.67. The lowest BCUT2D eigenvalue weighted by Crippen LogP contribution is -2.51. The number of H-pyrrole nitrogens is 1. The molecule has 0 radical (unpaired) electrons. The molecule has 2 atom stereocenters. The Morgan fingerprint density at radius 1 is 1.48 bits per heavy atom. The fourth-order valence-corrected chi connectivity index (χ4v) is 3.96. The Morgan fingerprint density at radius 2 is 2.19 bits per heavy atom. The highest BCUT2D eigenvalue weighted by Gasteiger charge is 2.50. The average molecular weight is 308 g/mol. The standard InChI is InChI=1S/C15H24N4OS/c1-6-7-9-12-13(18(4)17-9)19(14(21)16-12)10-8-11(20-5)15(10,2)3/h10-11H,6-8H2,1-5H3,(H,16,21). The minimum atomic E-state index is 0.0806. The summed E-state index contributed by atoms with van der Waals surface area (Å²) in [6.07, 6.45) is 3.34. The molecule has 1 N–H and O–H groups in total. The van der Waals surface area contributed by atoms with Crippen molar-refractivity contribution in [2.75, 3.05) is 7.11 Å². The molecule has 2 unspecified atom stereocenters. The third kappa shape index (κ3) is 1.99. The van der Waals surface area contributed by atoms with Gasteiger partial charge in [0.15, 0.2) is 10.4 Å². The molecule has 1 aliphatic rings. The number of aromatic nitrogens is 4. The van der Waals surface area contributed by atoms with E-state index >= 15 is 0 Å². The highest BCUT2D eigenvalue weighted by Crippen LogP contribution is 2.52. The smallest absolute Gasteiger partial charge is 0.179 e. The molecule has 0 aliphatic heterocycles. The van der Waals surface area contributed by atoms with Gasteiger partial charge in [-0.05, 0) is 25.1 Å². The van der Waals surface area contributed by atoms with Crippen LogP contribution in [-0.2, 0) is 18.2 Å². The molecule has 2 aromatic rings. The average Bonchev–Trinajstić information content (AvgIpc) is 2.89. The van der Waals surface area contributed by atoms with Crippen molar-refractivity contribution in [1.29, 1.82) is 0 Å². The van der Waals surface area contributed by atoms with Crippen LogP contribution in [0.25, 0.3) is 11.2 Å². The number of nitrogens with one attached hydrogen (secondary N) is 1. The van der Waals surface area contributed by atoms with E-state index in [1.807, 2.05) is 11.7 Å². The summed E-state index contributed by atoms with van der Waals surface area (Å²) >= 11 is 5.59. The highest BCUT2D eigenvalue weighted by molar-refractivity contribution is 7.71. The Labute approximate surface area is 130 Å². The first-order valence-corrected chi connectivity index (χ1v) is 8.01. The topological polar surface area (TPSA) is 47.8 Å². The molecule has 3 rings (SSSR count). The third-order valence-electron chi connectivity index (χ3n) is 4.98. The largest absolute Gasteiger partial charge is 0.381 e. The number of hydrogen-bond donors (Lipinski definition) is 1. The van der Waals surface area contributed by atoms with Crippen LogP contribution >= 0.6 is 12.2 Å². The Bertz CT molecular complexity index is 724. The highest BCUT2D eigenvalue weighted by atomic mass is 32.1. The van der Waals surface area contributed by atoms with E-state index in [9.17, 15) is 0 Å². The van der Waals surface area contributed by atoms with Crippen molar-refractivity contribution >= 4 is 23.4 Å². The zero-order valence-corrected chi connectivity index (χ0v) is 14.3. The molecular formula is C15H24N4OS. The predicted octanol–water partition coefficient (Wildman–Crippen LogP) is 3.37. The molecule has 0 bridgehead atoms. The van der Waals surface area contributed by atoms with Crippen molar-refractivity contribution < 1.29 is 4.74 Å². The number of ether oxygens (including phenoxy) is 1. The van der Waals surface area contributed by atoms with Gasteiger partial charge < -0.3 is 9.72 Å². The molecule has 5 nitrogen and oxygen atoms in total. The third-order valence-corrected chi connectivity index (χ3v) is 5.28. The van der Waals surface area contributed by atoms with E-state index in [1.165, 1.54) is 0 Å². The van der Waals surface area contributed by atoms with Crippen LogP contribution in [0.2, 0.25) is 0 Å². The molecule has 21 heavy (non-hydrogen) atoms. The summed E-state index contributed by atoms with van der Waals surface area (Å²) < 4.78 is 10.6. The Morgan fingerprint density at radius 3 is 2.76 bits per heavy atom. The van der Waals surface area contributed by atoms with Gasteiger partial charge in [0.2, 0.25) is 0 Å². The molecule has 1 aliphatic carbocycles. The van der Waals surface area contributed by atoms with Crippen LogP contribution in [0.5, 0.6) is 0 Å². The Hall–Kier alpha value is -1.14. The number of hydrogen-bond acceptors (Lipinski definition) is 3. The predicted molar refractivity (Wildman–Crippen MR) is 86.1 cm³/mol. The normalized spacial score (nSPS) is 24.4. The molecular weight excluding hydrogens is 284 g/mol. The minimum absolute atomic E-state index is 0.0806. The quantitative estimate of drug-likeness (QED) is 0.881. The Balaban J connectivity index is 2.12. The number of imidazole rings is 1. The first-order valence-electron chi connectivity index (χ1n) is 7.60. The molecule has 2 aromatic heterocycles. The Kier molecular flexibility index (Phi) is 3.48. The molecule has 1 fully saturated rings. The van der Waals surface area contributed by atoms with Gasteiger partial charge in [0.1, 0.15) is 5.52 Å². The van der Waals surface area contributed by atoms with Gasteiger partial charge in [-0.25, -0.2) is 0 Å². The van der Waals surface area contributed by atoms with E-state index < -0.39 is 0 Å². The summed E-state index contributed by atoms with van der Waals surface area (Å²) in [6, 6.07) is 0.355. The molecule has 0 saturated heterocycles. The lowest BCUT2D eigenvalue weighted by Gasteiger charge is -2.51. The van der Waals surface area contributed by atoms with Gasteiger partial charge in [0, 0.05) is 25.6 Å². The second-order valence-electron chi connectivity index (χ2n) is 6.62. The molecule has 0 spiro atoms. The van der Waals surface area contributed by atoms with Gasteiger partial charge in [0.25, 0.3) is 0 Å². The second-order valence-corrected chi connectivity index (χ2v) is 7.00. The first kappa shape index (κ1) is 14.8. The SMILES string of the molecule is CCCc1nn(C)c2c1[nH]c(=S)n2C1CC(OC)C1(C)C. The summed E-state index contributed by atoms with van der Waals surface area (Å²) in [5.74, 6) is 0. The zero-order valence-electron chi connectivity index (χ0n) is 13.4. The number of aryl methyl sites for hydroxylation is 2. The maximum absolute atomic E-state index is 5.59. The van der Waals surface area contributed by atoms with E-state index in [0.29, 0.717) is 6.04 Å². The number of aromatic amines is 1. The van der Waals surface area contributed by atoms with E-state index in [2.05, 4.69) is 35.4 Å². The first-order chi connectivity index (χ1) is 9.91. The number of fused-ring (bicyclic) bond motifs is 1. The summed E-state index contributed by atoms with van der Waals surface area (Å²) in [5.41, 5.74) is 3.40. The van der Waals surface area contributed by atoms with Crippen LogP contribution in [0.15, 0.2) is 0 Å². The van der Waals surface area contributed by atoms with E-state index in [4.69, 9.17) is 17.0 Å². The second kappa shape index (κ2) is 4.95. The molecule has 0 aromatic carbocycles. The van der Waals surface area contributed by atoms with Crippen molar-refractivity contribution in [2.24, 2.45) is 12.5 Å². The molecule has 116 valence electrons. The lowest BCUT2D eigenvalue weighted by molar-refractivity contribution is -0.112. The fourth-order valence-electron chi connectivity index (χ4n) is 3.64. The van der Waals surface area contributed by atoms with Crippen molar-refractivity contribution in [1.82, 2.24) is 19.3 Å². The summed E-state index contributed by atoms with van der Waals surface area (Å²) in [4.78, 5) is 3.37. The van der Waals surface area contributed by atoms with Gasteiger partial charge in [-0.3, -0.25) is 9.25 Å². The zero-order chi connectivity index (χ0) is 15.4. The molecule has 1 saturated carbocycles. The number of methoxy groups -OCH3 is 1. The van der Waals surface area contributed by atoms with Crippen LogP contribution in [0, 0.1) is 10.2 Å². The van der Waals surface area contributed by atoms with Crippen molar-refractivity contribution in [3.05, 3.63) is 10.5 Å². The monoisotopic (exact) mass is 308 g/mol. The number of rotatable bonds is 4. The van der Waals surface area contributed by atoms with Gasteiger partial charge in [0.05, 0.1) is 11.8 Å². The molecule has 2 heterocycles. The van der Waals surface area contributed by atoms with Crippen LogP contribution in [0.3, 0.4) is 0 Å². The van der Waals surface area contributed by atoms with Gasteiger partial charge in [-0.2, -0.15) is 5.10 Å². The van der Waals surface area contributed by atoms with Crippen LogP contribution in [-0.4, -0.2) is 32.5 Å². The van der Waals surface area contributed by atoms with Crippen LogP contribution in [0.4, 0.5) is 0 Å². The maximum atomic E-state index is 5.59. The van der Waals surface area contributed by atoms with E-state index in [1.54, 1.807) is 7.11 Å². The number of nitrogens with zero attached hydrogens (tertiary/aromatic N) is 3. The van der Waals surface area contributed by atoms with Gasteiger partial charge in [-0.1, -0.05) is 27.2 Å². The lowest BCUT2D eigenvalue weighted by atomic mass is 9.64. The van der Waals surface area contributed by atoms with Gasteiger partial charge in [-0.15, -0.1) is 0 Å². The maximum Gasteiger partial charge on any atom is 0.179 e.